The fraction of sp³-hybridized carbons (Fsp3) is 0.571. The molecule has 0 bridgehead atoms. The van der Waals surface area contributed by atoms with Gasteiger partial charge in [0.15, 0.2) is 0 Å². The van der Waals surface area contributed by atoms with Crippen LogP contribution in [0.15, 0.2) is 24.5 Å². The topological polar surface area (TPSA) is 65.5 Å². The van der Waals surface area contributed by atoms with Crippen LogP contribution in [0.2, 0.25) is 0 Å². The molecule has 0 aromatic carbocycles. The van der Waals surface area contributed by atoms with E-state index in [2.05, 4.69) is 22.1 Å². The molecule has 0 spiro atoms. The molecule has 1 aromatic heterocycles. The Bertz CT molecular complexity index is 410. The highest BCUT2D eigenvalue weighted by molar-refractivity contribution is 5.82. The quantitative estimate of drug-likeness (QED) is 0.832. The molecule has 2 N–H and O–H groups in total. The Hall–Kier alpha value is -1.46. The van der Waals surface area contributed by atoms with Gasteiger partial charge in [0.2, 0.25) is 5.91 Å². The van der Waals surface area contributed by atoms with Crippen LogP contribution in [-0.2, 0) is 11.3 Å². The number of carbonyl (C=O) groups excluding carboxylic acids is 1. The summed E-state index contributed by atoms with van der Waals surface area (Å²) >= 11 is 0. The Balaban J connectivity index is 2.17. The van der Waals surface area contributed by atoms with Crippen LogP contribution in [0.1, 0.15) is 25.3 Å². The number of nitrogens with zero attached hydrogens (tertiary/aromatic N) is 2. The minimum atomic E-state index is -0.254. The zero-order valence-electron chi connectivity index (χ0n) is 11.2. The fourth-order valence-electron chi connectivity index (χ4n) is 2.53. The van der Waals surface area contributed by atoms with Crippen LogP contribution >= 0.6 is 0 Å². The second kappa shape index (κ2) is 6.63. The van der Waals surface area contributed by atoms with E-state index in [1.807, 2.05) is 12.1 Å². The summed E-state index contributed by atoms with van der Waals surface area (Å²) in [4.78, 5) is 18.3. The molecular weight excluding hydrogens is 242 g/mol. The van der Waals surface area contributed by atoms with Gasteiger partial charge in [-0.1, -0.05) is 0 Å². The summed E-state index contributed by atoms with van der Waals surface area (Å²) in [6, 6.07) is 3.98. The largest absolute Gasteiger partial charge is 0.396 e. The molecule has 0 aliphatic carbocycles. The summed E-state index contributed by atoms with van der Waals surface area (Å²) in [5.41, 5.74) is 1.14. The van der Waals surface area contributed by atoms with E-state index in [0.29, 0.717) is 25.6 Å². The first-order chi connectivity index (χ1) is 9.22. The van der Waals surface area contributed by atoms with Crippen LogP contribution in [0.4, 0.5) is 0 Å². The molecule has 2 unspecified atom stereocenters. The van der Waals surface area contributed by atoms with Crippen LogP contribution in [0.25, 0.3) is 0 Å². The van der Waals surface area contributed by atoms with Gasteiger partial charge in [-0.2, -0.15) is 0 Å². The number of aliphatic hydroxyl groups is 1. The molecular formula is C14H21N3O2. The summed E-state index contributed by atoms with van der Waals surface area (Å²) in [5, 5.41) is 12.1. The monoisotopic (exact) mass is 263 g/mol. The Labute approximate surface area is 113 Å². The summed E-state index contributed by atoms with van der Waals surface area (Å²) in [5.74, 6) is 0.0208. The maximum absolute atomic E-state index is 12.1. The lowest BCUT2D eigenvalue weighted by atomic mass is 10.1. The van der Waals surface area contributed by atoms with E-state index in [4.69, 9.17) is 0 Å². The van der Waals surface area contributed by atoms with E-state index in [-0.39, 0.29) is 18.6 Å². The zero-order valence-corrected chi connectivity index (χ0v) is 11.2. The van der Waals surface area contributed by atoms with Gasteiger partial charge in [-0.25, -0.2) is 0 Å². The summed E-state index contributed by atoms with van der Waals surface area (Å²) in [6.07, 6.45) is 4.93. The molecule has 1 aliphatic heterocycles. The zero-order chi connectivity index (χ0) is 13.7. The van der Waals surface area contributed by atoms with Crippen molar-refractivity contribution in [3.63, 3.8) is 0 Å². The van der Waals surface area contributed by atoms with E-state index >= 15 is 0 Å². The molecule has 1 amide bonds. The first kappa shape index (κ1) is 14.0. The minimum Gasteiger partial charge on any atom is -0.396 e. The maximum Gasteiger partial charge on any atom is 0.237 e. The molecule has 0 saturated carbocycles. The third kappa shape index (κ3) is 3.52. The highest BCUT2D eigenvalue weighted by atomic mass is 16.3. The molecule has 0 radical (unpaired) electrons. The molecule has 2 rings (SSSR count). The van der Waals surface area contributed by atoms with Crippen LogP contribution in [0.5, 0.6) is 0 Å². The van der Waals surface area contributed by atoms with Crippen molar-refractivity contribution in [2.45, 2.75) is 38.4 Å². The Morgan fingerprint density at radius 1 is 1.47 bits per heavy atom. The number of carbonyl (C=O) groups is 1. The van der Waals surface area contributed by atoms with Crippen LogP contribution in [-0.4, -0.2) is 46.1 Å². The second-order valence-electron chi connectivity index (χ2n) is 4.98. The first-order valence-corrected chi connectivity index (χ1v) is 6.75. The molecule has 104 valence electrons. The number of pyridine rings is 1. The Morgan fingerprint density at radius 3 is 2.89 bits per heavy atom. The maximum atomic E-state index is 12.1. The number of amides is 1. The van der Waals surface area contributed by atoms with E-state index in [9.17, 15) is 9.90 Å². The lowest BCUT2D eigenvalue weighted by Gasteiger charge is -2.32. The molecule has 19 heavy (non-hydrogen) atoms. The SMILES string of the molecule is CC1CCNC(=O)C(CCO)N1Cc1ccncc1. The van der Waals surface area contributed by atoms with Crippen molar-refractivity contribution in [2.75, 3.05) is 13.2 Å². The van der Waals surface area contributed by atoms with Crippen LogP contribution < -0.4 is 5.32 Å². The van der Waals surface area contributed by atoms with E-state index in [0.717, 1.165) is 12.0 Å². The molecule has 1 aromatic rings. The molecule has 1 aliphatic rings. The van der Waals surface area contributed by atoms with Gasteiger partial charge in [0.05, 0.1) is 6.04 Å². The molecule has 2 heterocycles. The number of rotatable bonds is 4. The van der Waals surface area contributed by atoms with Crippen molar-refractivity contribution in [1.82, 2.24) is 15.2 Å². The van der Waals surface area contributed by atoms with Crippen molar-refractivity contribution < 1.29 is 9.90 Å². The molecule has 5 heteroatoms. The lowest BCUT2D eigenvalue weighted by Crippen LogP contribution is -2.47. The van der Waals surface area contributed by atoms with Crippen LogP contribution in [0.3, 0.4) is 0 Å². The number of hydrogen-bond donors (Lipinski definition) is 2. The van der Waals surface area contributed by atoms with E-state index in [1.165, 1.54) is 0 Å². The number of nitrogens with one attached hydrogen (secondary N) is 1. The predicted molar refractivity (Wildman–Crippen MR) is 72.4 cm³/mol. The van der Waals surface area contributed by atoms with Crippen molar-refractivity contribution in [1.29, 1.82) is 0 Å². The average Bonchev–Trinajstić information content (AvgIpc) is 2.54. The Kier molecular flexibility index (Phi) is 4.87. The number of aliphatic hydroxyl groups excluding tert-OH is 1. The molecule has 1 saturated heterocycles. The highest BCUT2D eigenvalue weighted by Crippen LogP contribution is 2.18. The van der Waals surface area contributed by atoms with Gasteiger partial charge in [0.25, 0.3) is 0 Å². The second-order valence-corrected chi connectivity index (χ2v) is 4.98. The van der Waals surface area contributed by atoms with Gasteiger partial charge < -0.3 is 10.4 Å². The fourth-order valence-corrected chi connectivity index (χ4v) is 2.53. The van der Waals surface area contributed by atoms with E-state index < -0.39 is 0 Å². The summed E-state index contributed by atoms with van der Waals surface area (Å²) < 4.78 is 0. The molecule has 5 nitrogen and oxygen atoms in total. The number of hydrogen-bond acceptors (Lipinski definition) is 4. The normalized spacial score (nSPS) is 24.8. The minimum absolute atomic E-state index is 0.0208. The lowest BCUT2D eigenvalue weighted by molar-refractivity contribution is -0.126. The van der Waals surface area contributed by atoms with Gasteiger partial charge in [-0.15, -0.1) is 0 Å². The van der Waals surface area contributed by atoms with Gasteiger partial charge in [0, 0.05) is 38.1 Å². The predicted octanol–water partition coefficient (Wildman–Crippen LogP) is 0.543. The third-order valence-electron chi connectivity index (χ3n) is 3.65. The highest BCUT2D eigenvalue weighted by Gasteiger charge is 2.31. The van der Waals surface area contributed by atoms with Crippen molar-refractivity contribution in [2.24, 2.45) is 0 Å². The average molecular weight is 263 g/mol. The molecule has 1 fully saturated rings. The Morgan fingerprint density at radius 2 is 2.21 bits per heavy atom. The van der Waals surface area contributed by atoms with Gasteiger partial charge >= 0.3 is 0 Å². The first-order valence-electron chi connectivity index (χ1n) is 6.75. The van der Waals surface area contributed by atoms with Crippen molar-refractivity contribution >= 4 is 5.91 Å². The van der Waals surface area contributed by atoms with Crippen molar-refractivity contribution in [3.05, 3.63) is 30.1 Å². The van der Waals surface area contributed by atoms with Gasteiger partial charge in [-0.3, -0.25) is 14.7 Å². The summed E-state index contributed by atoms with van der Waals surface area (Å²) in [6.45, 7) is 3.57. The van der Waals surface area contributed by atoms with Crippen LogP contribution in [0, 0.1) is 0 Å². The van der Waals surface area contributed by atoms with Gasteiger partial charge in [0.1, 0.15) is 0 Å². The number of aromatic nitrogens is 1. The smallest absolute Gasteiger partial charge is 0.237 e. The summed E-state index contributed by atoms with van der Waals surface area (Å²) in [7, 11) is 0. The van der Waals surface area contributed by atoms with E-state index in [1.54, 1.807) is 12.4 Å². The van der Waals surface area contributed by atoms with Crippen molar-refractivity contribution in [3.8, 4) is 0 Å². The van der Waals surface area contributed by atoms with Gasteiger partial charge in [-0.05, 0) is 37.5 Å². The third-order valence-corrected chi connectivity index (χ3v) is 3.65. The standard InChI is InChI=1S/C14H21N3O2/c1-11-2-8-16-14(19)13(5-9-18)17(11)10-12-3-6-15-7-4-12/h3-4,6-7,11,13,18H,2,5,8-10H2,1H3,(H,16,19). The molecule has 2 atom stereocenters.